The molecule has 1 aliphatic rings. The number of aromatic nitrogens is 1. The van der Waals surface area contributed by atoms with Crippen LogP contribution in [0.4, 0.5) is 5.69 Å². The molecule has 1 N–H and O–H groups in total. The van der Waals surface area contributed by atoms with Crippen LogP contribution >= 0.6 is 0 Å². The van der Waals surface area contributed by atoms with Gasteiger partial charge in [-0.3, -0.25) is 15.0 Å². The number of hydrazine groups is 1. The molecule has 2 heterocycles. The van der Waals surface area contributed by atoms with Crippen molar-refractivity contribution in [2.45, 2.75) is 32.7 Å². The monoisotopic (exact) mass is 479 g/mol. The van der Waals surface area contributed by atoms with E-state index in [4.69, 9.17) is 4.74 Å². The molecule has 0 radical (unpaired) electrons. The quantitative estimate of drug-likeness (QED) is 0.294. The Labute approximate surface area is 210 Å². The number of nitrogens with one attached hydrogen (secondary N) is 1. The number of hydrogen-bond donors (Lipinski definition) is 1. The largest absolute Gasteiger partial charge is 0.492 e. The van der Waals surface area contributed by atoms with Crippen molar-refractivity contribution in [2.75, 3.05) is 11.6 Å². The second-order valence-corrected chi connectivity index (χ2v) is 9.89. The Kier molecular flexibility index (Phi) is 6.10. The van der Waals surface area contributed by atoms with Gasteiger partial charge in [-0.15, -0.1) is 0 Å². The number of nitrogens with zero attached hydrogens (tertiary/aromatic N) is 2. The van der Waals surface area contributed by atoms with E-state index in [0.717, 1.165) is 22.2 Å². The maximum Gasteiger partial charge on any atom is 0.282 e. The number of amides is 2. The molecule has 0 unspecified atom stereocenters. The summed E-state index contributed by atoms with van der Waals surface area (Å²) in [5, 5.41) is 2.25. The summed E-state index contributed by atoms with van der Waals surface area (Å²) in [4.78, 5) is 25.7. The summed E-state index contributed by atoms with van der Waals surface area (Å²) < 4.78 is 8.10. The van der Waals surface area contributed by atoms with Crippen molar-refractivity contribution >= 4 is 34.5 Å². The molecule has 1 saturated heterocycles. The smallest absolute Gasteiger partial charge is 0.282 e. The van der Waals surface area contributed by atoms with Crippen molar-refractivity contribution in [3.05, 3.63) is 102 Å². The highest BCUT2D eigenvalue weighted by atomic mass is 16.5. The summed E-state index contributed by atoms with van der Waals surface area (Å²) >= 11 is 0. The summed E-state index contributed by atoms with van der Waals surface area (Å²) in [7, 11) is 0. The van der Waals surface area contributed by atoms with Crippen LogP contribution in [0.1, 0.15) is 31.9 Å². The molecule has 1 aromatic heterocycles. The van der Waals surface area contributed by atoms with Gasteiger partial charge in [-0.05, 0) is 47.4 Å². The van der Waals surface area contributed by atoms with Gasteiger partial charge in [-0.25, -0.2) is 5.01 Å². The second-order valence-electron chi connectivity index (χ2n) is 9.89. The third kappa shape index (κ3) is 4.62. The van der Waals surface area contributed by atoms with Gasteiger partial charge in [-0.2, -0.15) is 0 Å². The van der Waals surface area contributed by atoms with Crippen molar-refractivity contribution in [1.29, 1.82) is 0 Å². The van der Waals surface area contributed by atoms with Gasteiger partial charge >= 0.3 is 0 Å². The van der Waals surface area contributed by atoms with E-state index in [1.165, 1.54) is 10.6 Å². The lowest BCUT2D eigenvalue weighted by atomic mass is 9.87. The average molecular weight is 480 g/mol. The fourth-order valence-electron chi connectivity index (χ4n) is 4.36. The van der Waals surface area contributed by atoms with Crippen LogP contribution in [0.3, 0.4) is 0 Å². The van der Waals surface area contributed by atoms with Crippen LogP contribution in [0, 0.1) is 0 Å². The van der Waals surface area contributed by atoms with Gasteiger partial charge in [-0.1, -0.05) is 69.3 Å². The van der Waals surface area contributed by atoms with Crippen LogP contribution < -0.4 is 15.2 Å². The summed E-state index contributed by atoms with van der Waals surface area (Å²) in [5.41, 5.74) is 6.58. The topological polar surface area (TPSA) is 63.6 Å². The SMILES string of the molecule is CC(C)(C)c1ccc(OCCn2cc(/C=C3/C(=O)NN(c4ccccc4)C3=O)c3ccccc32)cc1. The van der Waals surface area contributed by atoms with E-state index >= 15 is 0 Å². The number of anilines is 1. The number of carbonyl (C=O) groups is 2. The van der Waals surface area contributed by atoms with Crippen LogP contribution in [0.25, 0.3) is 17.0 Å². The second kappa shape index (κ2) is 9.38. The highest BCUT2D eigenvalue weighted by Gasteiger charge is 2.34. The number of fused-ring (bicyclic) bond motifs is 1. The summed E-state index contributed by atoms with van der Waals surface area (Å²) in [6.07, 6.45) is 3.64. The van der Waals surface area contributed by atoms with E-state index in [-0.39, 0.29) is 16.9 Å². The lowest BCUT2D eigenvalue weighted by Crippen LogP contribution is -2.35. The van der Waals surface area contributed by atoms with Crippen molar-refractivity contribution in [2.24, 2.45) is 0 Å². The van der Waals surface area contributed by atoms with Crippen LogP contribution in [-0.2, 0) is 21.5 Å². The first kappa shape index (κ1) is 23.4. The van der Waals surface area contributed by atoms with Crippen molar-refractivity contribution in [1.82, 2.24) is 9.99 Å². The summed E-state index contributed by atoms with van der Waals surface area (Å²) in [5.74, 6) is 0.0452. The van der Waals surface area contributed by atoms with Gasteiger partial charge in [0.15, 0.2) is 0 Å². The van der Waals surface area contributed by atoms with E-state index in [2.05, 4.69) is 42.9 Å². The zero-order chi connectivity index (χ0) is 25.3. The molecule has 36 heavy (non-hydrogen) atoms. The number of para-hydroxylation sites is 2. The number of rotatable bonds is 6. The first-order chi connectivity index (χ1) is 17.3. The average Bonchev–Trinajstić information content (AvgIpc) is 3.37. The standard InChI is InChI=1S/C30H29N3O3/c1-30(2,3)22-13-15-24(16-14-22)36-18-17-32-20-21(25-11-7-8-12-27(25)32)19-26-28(34)31-33(29(26)35)23-9-5-4-6-10-23/h4-16,19-20H,17-18H2,1-3H3,(H,31,34)/b26-19-. The first-order valence-corrected chi connectivity index (χ1v) is 12.0. The predicted octanol–water partition coefficient (Wildman–Crippen LogP) is 5.48. The van der Waals surface area contributed by atoms with Crippen LogP contribution in [0.15, 0.2) is 90.6 Å². The van der Waals surface area contributed by atoms with Crippen molar-refractivity contribution in [3.8, 4) is 5.75 Å². The molecule has 1 fully saturated rings. The molecule has 0 aliphatic carbocycles. The number of carbonyl (C=O) groups excluding carboxylic acids is 2. The van der Waals surface area contributed by atoms with Gasteiger partial charge in [0.25, 0.3) is 11.8 Å². The summed E-state index contributed by atoms with van der Waals surface area (Å²) in [6, 6.07) is 25.3. The minimum atomic E-state index is -0.414. The Bertz CT molecular complexity index is 1440. The molecule has 0 saturated carbocycles. The van der Waals surface area contributed by atoms with Gasteiger partial charge < -0.3 is 9.30 Å². The zero-order valence-electron chi connectivity index (χ0n) is 20.7. The third-order valence-electron chi connectivity index (χ3n) is 6.35. The molecular weight excluding hydrogens is 450 g/mol. The highest BCUT2D eigenvalue weighted by Crippen LogP contribution is 2.27. The minimum Gasteiger partial charge on any atom is -0.492 e. The Morgan fingerprint density at radius 1 is 0.889 bits per heavy atom. The number of benzene rings is 3. The molecule has 2 amide bonds. The molecule has 6 heteroatoms. The Hall–Kier alpha value is -4.32. The molecular formula is C30H29N3O3. The molecule has 3 aromatic carbocycles. The van der Waals surface area contributed by atoms with E-state index in [1.54, 1.807) is 18.2 Å². The molecule has 0 atom stereocenters. The fourth-order valence-corrected chi connectivity index (χ4v) is 4.36. The number of ether oxygens (including phenoxy) is 1. The third-order valence-corrected chi connectivity index (χ3v) is 6.35. The van der Waals surface area contributed by atoms with E-state index in [9.17, 15) is 9.59 Å². The lowest BCUT2D eigenvalue weighted by Gasteiger charge is -2.19. The lowest BCUT2D eigenvalue weighted by molar-refractivity contribution is -0.117. The van der Waals surface area contributed by atoms with Gasteiger partial charge in [0.2, 0.25) is 0 Å². The zero-order valence-corrected chi connectivity index (χ0v) is 20.7. The summed E-state index contributed by atoms with van der Waals surface area (Å²) in [6.45, 7) is 7.68. The fraction of sp³-hybridized carbons (Fsp3) is 0.200. The van der Waals surface area contributed by atoms with Crippen molar-refractivity contribution < 1.29 is 14.3 Å². The van der Waals surface area contributed by atoms with Crippen LogP contribution in [0.5, 0.6) is 5.75 Å². The molecule has 182 valence electrons. The van der Waals surface area contributed by atoms with Crippen molar-refractivity contribution in [3.63, 3.8) is 0 Å². The molecule has 6 nitrogen and oxygen atoms in total. The van der Waals surface area contributed by atoms with E-state index in [0.29, 0.717) is 18.8 Å². The van der Waals surface area contributed by atoms with E-state index < -0.39 is 5.91 Å². The minimum absolute atomic E-state index is 0.100. The highest BCUT2D eigenvalue weighted by molar-refractivity contribution is 6.32. The molecule has 1 aliphatic heterocycles. The maximum atomic E-state index is 13.0. The first-order valence-electron chi connectivity index (χ1n) is 12.0. The molecule has 0 bridgehead atoms. The normalized spacial score (nSPS) is 15.1. The van der Waals surface area contributed by atoms with Crippen LogP contribution in [-0.4, -0.2) is 23.0 Å². The number of hydrogen-bond acceptors (Lipinski definition) is 3. The molecule has 4 aromatic rings. The van der Waals surface area contributed by atoms with Gasteiger partial charge in [0.05, 0.1) is 12.2 Å². The Balaban J connectivity index is 1.36. The molecule has 5 rings (SSSR count). The molecule has 0 spiro atoms. The van der Waals surface area contributed by atoms with Gasteiger partial charge in [0, 0.05) is 22.7 Å². The maximum absolute atomic E-state index is 13.0. The Morgan fingerprint density at radius 2 is 1.58 bits per heavy atom. The van der Waals surface area contributed by atoms with E-state index in [1.807, 2.05) is 60.8 Å². The predicted molar refractivity (Wildman–Crippen MR) is 143 cm³/mol. The van der Waals surface area contributed by atoms with Gasteiger partial charge in [0.1, 0.15) is 17.9 Å². The Morgan fingerprint density at radius 3 is 2.31 bits per heavy atom. The van der Waals surface area contributed by atoms with Crippen LogP contribution in [0.2, 0.25) is 0 Å².